The van der Waals surface area contributed by atoms with Crippen molar-refractivity contribution in [3.63, 3.8) is 0 Å². The van der Waals surface area contributed by atoms with Crippen molar-refractivity contribution in [2.75, 3.05) is 12.0 Å². The Balaban J connectivity index is 2.90. The lowest BCUT2D eigenvalue weighted by Gasteiger charge is -2.09. The van der Waals surface area contributed by atoms with Crippen molar-refractivity contribution in [2.24, 2.45) is 5.73 Å². The molecule has 0 aliphatic heterocycles. The van der Waals surface area contributed by atoms with Gasteiger partial charge in [-0.3, -0.25) is 0 Å². The van der Waals surface area contributed by atoms with Gasteiger partial charge < -0.3 is 5.73 Å². The summed E-state index contributed by atoms with van der Waals surface area (Å²) in [6.07, 6.45) is 1.20. The fourth-order valence-corrected chi connectivity index (χ4v) is 3.86. The van der Waals surface area contributed by atoms with E-state index < -0.39 is 15.9 Å². The zero-order valence-electron chi connectivity index (χ0n) is 7.95. The minimum Gasteiger partial charge on any atom is -0.323 e. The van der Waals surface area contributed by atoms with Gasteiger partial charge >= 0.3 is 0 Å². The Bertz CT molecular complexity index is 425. The molecule has 1 aromatic rings. The first-order chi connectivity index (χ1) is 6.29. The first-order valence-corrected chi connectivity index (χ1v) is 7.66. The second-order valence-corrected chi connectivity index (χ2v) is 8.08. The topological polar surface area (TPSA) is 60.2 Å². The second kappa shape index (κ2) is 4.30. The van der Waals surface area contributed by atoms with Crippen LogP contribution in [0.25, 0.3) is 0 Å². The summed E-state index contributed by atoms with van der Waals surface area (Å²) in [6.45, 7) is 1.94. The van der Waals surface area contributed by atoms with Crippen LogP contribution in [-0.4, -0.2) is 20.4 Å². The number of sulfone groups is 1. The molecule has 0 bridgehead atoms. The van der Waals surface area contributed by atoms with E-state index in [0.717, 1.165) is 14.2 Å². The Morgan fingerprint density at radius 3 is 2.57 bits per heavy atom. The lowest BCUT2D eigenvalue weighted by Crippen LogP contribution is -2.20. The number of nitrogens with two attached hydrogens (primary N) is 1. The van der Waals surface area contributed by atoms with Gasteiger partial charge in [0.05, 0.1) is 9.54 Å². The third-order valence-electron chi connectivity index (χ3n) is 1.81. The van der Waals surface area contributed by atoms with Crippen molar-refractivity contribution in [1.82, 2.24) is 0 Å². The smallest absolute Gasteiger partial charge is 0.149 e. The van der Waals surface area contributed by atoms with E-state index >= 15 is 0 Å². The van der Waals surface area contributed by atoms with Gasteiger partial charge in [0, 0.05) is 17.2 Å². The van der Waals surface area contributed by atoms with Crippen LogP contribution in [0.4, 0.5) is 0 Å². The third-order valence-corrected chi connectivity index (χ3v) is 4.34. The highest BCUT2D eigenvalue weighted by molar-refractivity contribution is 9.11. The number of hydrogen-bond donors (Lipinski definition) is 1. The van der Waals surface area contributed by atoms with E-state index in [9.17, 15) is 8.42 Å². The van der Waals surface area contributed by atoms with Crippen molar-refractivity contribution in [2.45, 2.75) is 13.0 Å². The molecule has 0 radical (unpaired) electrons. The number of thiophene rings is 1. The van der Waals surface area contributed by atoms with Crippen molar-refractivity contribution < 1.29 is 8.42 Å². The fraction of sp³-hybridized carbons (Fsp3) is 0.500. The number of rotatable bonds is 3. The van der Waals surface area contributed by atoms with E-state index in [-0.39, 0.29) is 5.75 Å². The molecule has 0 saturated carbocycles. The lowest BCUT2D eigenvalue weighted by molar-refractivity contribution is 0.594. The Labute approximate surface area is 96.4 Å². The first-order valence-electron chi connectivity index (χ1n) is 3.99. The molecular formula is C8H12BrNO2S2. The molecule has 0 spiro atoms. The Kier molecular flexibility index (Phi) is 3.74. The maximum Gasteiger partial charge on any atom is 0.149 e. The molecule has 3 nitrogen and oxygen atoms in total. The summed E-state index contributed by atoms with van der Waals surface area (Å²) in [5.41, 5.74) is 6.71. The zero-order valence-corrected chi connectivity index (χ0v) is 11.2. The van der Waals surface area contributed by atoms with Gasteiger partial charge in [0.2, 0.25) is 0 Å². The van der Waals surface area contributed by atoms with E-state index in [1.54, 1.807) is 11.3 Å². The molecule has 80 valence electrons. The van der Waals surface area contributed by atoms with E-state index in [0.29, 0.717) is 0 Å². The van der Waals surface area contributed by atoms with Gasteiger partial charge in [-0.15, -0.1) is 11.3 Å². The predicted molar refractivity (Wildman–Crippen MR) is 63.4 cm³/mol. The average molecular weight is 298 g/mol. The highest BCUT2D eigenvalue weighted by Gasteiger charge is 2.16. The standard InChI is InChI=1S/C8H12BrNO2S2/c1-5-6(3-8(9)13-5)7(10)4-14(2,11)12/h3,7H,4,10H2,1-2H3. The predicted octanol–water partition coefficient (Wildman–Crippen LogP) is 1.86. The van der Waals surface area contributed by atoms with Crippen LogP contribution in [0.2, 0.25) is 0 Å². The third kappa shape index (κ3) is 3.34. The molecule has 1 unspecified atom stereocenters. The number of hydrogen-bond acceptors (Lipinski definition) is 4. The quantitative estimate of drug-likeness (QED) is 0.926. The van der Waals surface area contributed by atoms with Crippen LogP contribution in [-0.2, 0) is 9.84 Å². The van der Waals surface area contributed by atoms with Gasteiger partial charge in [-0.2, -0.15) is 0 Å². The highest BCUT2D eigenvalue weighted by atomic mass is 79.9. The Morgan fingerprint density at radius 1 is 1.64 bits per heavy atom. The lowest BCUT2D eigenvalue weighted by atomic mass is 10.1. The summed E-state index contributed by atoms with van der Waals surface area (Å²) in [7, 11) is -3.01. The van der Waals surface area contributed by atoms with E-state index in [4.69, 9.17) is 5.73 Å². The highest BCUT2D eigenvalue weighted by Crippen LogP contribution is 2.30. The Hall–Kier alpha value is 0.0900. The number of halogens is 1. The minimum atomic E-state index is -3.01. The van der Waals surface area contributed by atoms with Gasteiger partial charge in [-0.1, -0.05) is 0 Å². The van der Waals surface area contributed by atoms with Gasteiger partial charge in [0.1, 0.15) is 9.84 Å². The van der Waals surface area contributed by atoms with Gasteiger partial charge in [-0.05, 0) is 34.5 Å². The van der Waals surface area contributed by atoms with Crippen molar-refractivity contribution >= 4 is 37.1 Å². The molecule has 1 heterocycles. The molecule has 1 aromatic heterocycles. The van der Waals surface area contributed by atoms with Crippen LogP contribution in [0.3, 0.4) is 0 Å². The van der Waals surface area contributed by atoms with Gasteiger partial charge in [0.25, 0.3) is 0 Å². The molecule has 0 aromatic carbocycles. The summed E-state index contributed by atoms with van der Waals surface area (Å²) < 4.78 is 23.1. The molecule has 0 aliphatic rings. The molecule has 1 atom stereocenters. The van der Waals surface area contributed by atoms with Crippen LogP contribution in [0.1, 0.15) is 16.5 Å². The molecule has 14 heavy (non-hydrogen) atoms. The summed E-state index contributed by atoms with van der Waals surface area (Å²) in [6, 6.07) is 1.46. The maximum atomic E-state index is 11.0. The van der Waals surface area contributed by atoms with Crippen molar-refractivity contribution in [1.29, 1.82) is 0 Å². The van der Waals surface area contributed by atoms with E-state index in [2.05, 4.69) is 15.9 Å². The van der Waals surface area contributed by atoms with Gasteiger partial charge in [0.15, 0.2) is 0 Å². The molecule has 0 fully saturated rings. The molecule has 1 rings (SSSR count). The summed E-state index contributed by atoms with van der Waals surface area (Å²) in [4.78, 5) is 1.06. The Morgan fingerprint density at radius 2 is 2.21 bits per heavy atom. The normalized spacial score (nSPS) is 14.3. The summed E-state index contributed by atoms with van der Waals surface area (Å²) in [5.74, 6) is -0.00296. The molecule has 0 amide bonds. The average Bonchev–Trinajstić information content (AvgIpc) is 2.26. The fourth-order valence-electron chi connectivity index (χ4n) is 1.24. The monoisotopic (exact) mass is 297 g/mol. The van der Waals surface area contributed by atoms with Crippen LogP contribution in [0.15, 0.2) is 9.85 Å². The molecule has 2 N–H and O–H groups in total. The molecule has 6 heteroatoms. The second-order valence-electron chi connectivity index (χ2n) is 3.26. The van der Waals surface area contributed by atoms with Crippen LogP contribution < -0.4 is 5.73 Å². The molecule has 0 aliphatic carbocycles. The molecule has 0 saturated heterocycles. The van der Waals surface area contributed by atoms with Crippen LogP contribution >= 0.6 is 27.3 Å². The van der Waals surface area contributed by atoms with Gasteiger partial charge in [-0.25, -0.2) is 8.42 Å². The van der Waals surface area contributed by atoms with E-state index in [1.165, 1.54) is 6.26 Å². The largest absolute Gasteiger partial charge is 0.323 e. The molecular weight excluding hydrogens is 286 g/mol. The van der Waals surface area contributed by atoms with Crippen molar-refractivity contribution in [3.8, 4) is 0 Å². The van der Waals surface area contributed by atoms with Crippen LogP contribution in [0, 0.1) is 6.92 Å². The SMILES string of the molecule is Cc1sc(Br)cc1C(N)CS(C)(=O)=O. The van der Waals surface area contributed by atoms with E-state index in [1.807, 2.05) is 13.0 Å². The zero-order chi connectivity index (χ0) is 10.9. The minimum absolute atomic E-state index is 0.00296. The van der Waals surface area contributed by atoms with Crippen LogP contribution in [0.5, 0.6) is 0 Å². The summed E-state index contributed by atoms with van der Waals surface area (Å²) in [5, 5.41) is 0. The number of aryl methyl sites for hydroxylation is 1. The maximum absolute atomic E-state index is 11.0. The first kappa shape index (κ1) is 12.2. The summed E-state index contributed by atoms with van der Waals surface area (Å²) >= 11 is 4.91. The van der Waals surface area contributed by atoms with Crippen molar-refractivity contribution in [3.05, 3.63) is 20.3 Å².